The Morgan fingerprint density at radius 1 is 0.968 bits per heavy atom. The summed E-state index contributed by atoms with van der Waals surface area (Å²) in [6.45, 7) is 16.1. The van der Waals surface area contributed by atoms with Gasteiger partial charge in [0.05, 0.1) is 0 Å². The average Bonchev–Trinajstić information content (AvgIpc) is 2.64. The molecule has 0 spiro atoms. The summed E-state index contributed by atoms with van der Waals surface area (Å²) in [4.78, 5) is 26.3. The number of carbonyl (C=O) groups is 2. The van der Waals surface area contributed by atoms with Gasteiger partial charge in [-0.25, -0.2) is 9.59 Å². The fourth-order valence-corrected chi connectivity index (χ4v) is 4.49. The molecule has 0 aromatic heterocycles. The molecule has 7 heteroatoms. The van der Waals surface area contributed by atoms with Crippen molar-refractivity contribution in [1.82, 2.24) is 15.5 Å². The van der Waals surface area contributed by atoms with E-state index in [-0.39, 0.29) is 23.6 Å². The molecule has 180 valence electrons. The number of hydrogen-bond donors (Lipinski definition) is 2. The Labute approximate surface area is 189 Å². The van der Waals surface area contributed by atoms with Gasteiger partial charge in [-0.15, -0.1) is 0 Å². The fourth-order valence-electron chi connectivity index (χ4n) is 4.49. The third-order valence-electron chi connectivity index (χ3n) is 6.39. The van der Waals surface area contributed by atoms with Crippen molar-refractivity contribution in [2.24, 2.45) is 5.41 Å². The second-order valence-electron chi connectivity index (χ2n) is 11.4. The number of hydrogen-bond acceptors (Lipinski definition) is 5. The smallest absolute Gasteiger partial charge is 0.410 e. The lowest BCUT2D eigenvalue weighted by Gasteiger charge is -2.43. The van der Waals surface area contributed by atoms with Gasteiger partial charge in [-0.3, -0.25) is 0 Å². The van der Waals surface area contributed by atoms with Gasteiger partial charge in [0, 0.05) is 31.7 Å². The zero-order chi connectivity index (χ0) is 23.3. The Morgan fingerprint density at radius 3 is 2.10 bits per heavy atom. The van der Waals surface area contributed by atoms with E-state index in [1.54, 1.807) is 0 Å². The second kappa shape index (κ2) is 10.4. The van der Waals surface area contributed by atoms with Crippen LogP contribution in [0, 0.1) is 5.41 Å². The number of piperidine rings is 1. The summed E-state index contributed by atoms with van der Waals surface area (Å²) in [5.74, 6) is 0. The lowest BCUT2D eigenvalue weighted by molar-refractivity contribution is 0.00878. The van der Waals surface area contributed by atoms with Crippen LogP contribution in [-0.2, 0) is 9.47 Å². The van der Waals surface area contributed by atoms with Crippen LogP contribution in [0.5, 0.6) is 0 Å². The maximum absolute atomic E-state index is 12.4. The lowest BCUT2D eigenvalue weighted by atomic mass is 9.75. The van der Waals surface area contributed by atoms with Crippen molar-refractivity contribution >= 4 is 12.2 Å². The maximum atomic E-state index is 12.4. The molecule has 1 saturated carbocycles. The molecule has 0 radical (unpaired) electrons. The lowest BCUT2D eigenvalue weighted by Crippen LogP contribution is -2.51. The molecule has 1 saturated heterocycles. The molecule has 1 aliphatic carbocycles. The van der Waals surface area contributed by atoms with E-state index in [1.807, 2.05) is 46.4 Å². The monoisotopic (exact) mass is 439 g/mol. The predicted octanol–water partition coefficient (Wildman–Crippen LogP) is 4.84. The summed E-state index contributed by atoms with van der Waals surface area (Å²) < 4.78 is 10.9. The van der Waals surface area contributed by atoms with Crippen molar-refractivity contribution in [3.05, 3.63) is 0 Å². The Kier molecular flexibility index (Phi) is 8.65. The van der Waals surface area contributed by atoms with Crippen molar-refractivity contribution in [2.45, 2.75) is 117 Å². The molecule has 0 aromatic carbocycles. The molecule has 2 unspecified atom stereocenters. The fraction of sp³-hybridized carbons (Fsp3) is 0.917. The Hall–Kier alpha value is -1.50. The van der Waals surface area contributed by atoms with Gasteiger partial charge in [-0.1, -0.05) is 6.92 Å². The van der Waals surface area contributed by atoms with Crippen LogP contribution in [-0.4, -0.2) is 60.0 Å². The first kappa shape index (κ1) is 25.8. The highest BCUT2D eigenvalue weighted by Gasteiger charge is 2.36. The van der Waals surface area contributed by atoms with Gasteiger partial charge in [0.1, 0.15) is 11.2 Å². The standard InChI is InChI=1S/C24H45N3O4/c1-8-24(12-14-27(15-13-24)21(29)31-23(5,6)7)17-25-18-10-9-11-19(16-18)26-20(28)30-22(2,3)4/h18-19,25H,8-17H2,1-7H3,(H,26,28). The van der Waals surface area contributed by atoms with E-state index in [2.05, 4.69) is 17.6 Å². The van der Waals surface area contributed by atoms with E-state index in [1.165, 1.54) is 0 Å². The van der Waals surface area contributed by atoms with E-state index >= 15 is 0 Å². The first-order chi connectivity index (χ1) is 14.3. The normalized spacial score (nSPS) is 24.4. The van der Waals surface area contributed by atoms with Crippen molar-refractivity contribution in [1.29, 1.82) is 0 Å². The third-order valence-corrected chi connectivity index (χ3v) is 6.39. The summed E-state index contributed by atoms with van der Waals surface area (Å²) in [5.41, 5.74) is -0.717. The molecule has 0 bridgehead atoms. The molecule has 1 heterocycles. The molecule has 31 heavy (non-hydrogen) atoms. The molecule has 2 fully saturated rings. The largest absolute Gasteiger partial charge is 0.444 e. The summed E-state index contributed by atoms with van der Waals surface area (Å²) in [5, 5.41) is 6.83. The van der Waals surface area contributed by atoms with Gasteiger partial charge in [0.2, 0.25) is 0 Å². The summed E-state index contributed by atoms with van der Waals surface area (Å²) in [7, 11) is 0. The van der Waals surface area contributed by atoms with Crippen molar-refractivity contribution in [3.8, 4) is 0 Å². The summed E-state index contributed by atoms with van der Waals surface area (Å²) >= 11 is 0. The first-order valence-electron chi connectivity index (χ1n) is 12.0. The number of ether oxygens (including phenoxy) is 2. The van der Waals surface area contributed by atoms with Crippen LogP contribution in [0.4, 0.5) is 9.59 Å². The van der Waals surface area contributed by atoms with Gasteiger partial charge < -0.3 is 25.0 Å². The Morgan fingerprint density at radius 2 is 1.55 bits per heavy atom. The van der Waals surface area contributed by atoms with Crippen molar-refractivity contribution < 1.29 is 19.1 Å². The van der Waals surface area contributed by atoms with Gasteiger partial charge in [-0.05, 0) is 91.9 Å². The van der Waals surface area contributed by atoms with E-state index in [9.17, 15) is 9.59 Å². The molecule has 2 aliphatic rings. The average molecular weight is 440 g/mol. The molecular weight excluding hydrogens is 394 g/mol. The van der Waals surface area contributed by atoms with Gasteiger partial charge >= 0.3 is 12.2 Å². The minimum absolute atomic E-state index is 0.160. The topological polar surface area (TPSA) is 79.9 Å². The van der Waals surface area contributed by atoms with E-state index in [4.69, 9.17) is 9.47 Å². The highest BCUT2D eigenvalue weighted by molar-refractivity contribution is 5.68. The molecule has 2 rings (SSSR count). The van der Waals surface area contributed by atoms with E-state index in [0.717, 1.165) is 64.6 Å². The number of nitrogens with one attached hydrogen (secondary N) is 2. The van der Waals surface area contributed by atoms with Gasteiger partial charge in [0.25, 0.3) is 0 Å². The van der Waals surface area contributed by atoms with Crippen LogP contribution in [0.1, 0.15) is 93.4 Å². The summed E-state index contributed by atoms with van der Waals surface area (Å²) in [6.07, 6.45) is 6.72. The maximum Gasteiger partial charge on any atom is 0.410 e. The number of nitrogens with zero attached hydrogens (tertiary/aromatic N) is 1. The number of likely N-dealkylation sites (tertiary alicyclic amines) is 1. The Balaban J connectivity index is 1.80. The number of amides is 2. The highest BCUT2D eigenvalue weighted by Crippen LogP contribution is 2.35. The van der Waals surface area contributed by atoms with Crippen molar-refractivity contribution in [3.63, 3.8) is 0 Å². The number of alkyl carbamates (subject to hydrolysis) is 1. The van der Waals surface area contributed by atoms with Gasteiger partial charge in [0.15, 0.2) is 0 Å². The number of rotatable bonds is 5. The van der Waals surface area contributed by atoms with Crippen molar-refractivity contribution in [2.75, 3.05) is 19.6 Å². The first-order valence-corrected chi connectivity index (χ1v) is 12.0. The minimum atomic E-state index is -0.474. The minimum Gasteiger partial charge on any atom is -0.444 e. The summed E-state index contributed by atoms with van der Waals surface area (Å²) in [6, 6.07) is 0.564. The third kappa shape index (κ3) is 8.87. The van der Waals surface area contributed by atoms with E-state index in [0.29, 0.717) is 6.04 Å². The van der Waals surface area contributed by atoms with Crippen LogP contribution < -0.4 is 10.6 Å². The van der Waals surface area contributed by atoms with Crippen LogP contribution in [0.15, 0.2) is 0 Å². The predicted molar refractivity (Wildman–Crippen MR) is 123 cm³/mol. The molecule has 2 N–H and O–H groups in total. The second-order valence-corrected chi connectivity index (χ2v) is 11.4. The van der Waals surface area contributed by atoms with Crippen LogP contribution in [0.3, 0.4) is 0 Å². The molecular formula is C24H45N3O4. The van der Waals surface area contributed by atoms with Crippen LogP contribution >= 0.6 is 0 Å². The molecule has 2 amide bonds. The highest BCUT2D eigenvalue weighted by atomic mass is 16.6. The van der Waals surface area contributed by atoms with Crippen LogP contribution in [0.2, 0.25) is 0 Å². The SMILES string of the molecule is CCC1(CNC2CCCC(NC(=O)OC(C)(C)C)C2)CCN(C(=O)OC(C)(C)C)CC1. The molecule has 2 atom stereocenters. The quantitative estimate of drug-likeness (QED) is 0.641. The van der Waals surface area contributed by atoms with Gasteiger partial charge in [-0.2, -0.15) is 0 Å². The van der Waals surface area contributed by atoms with E-state index < -0.39 is 11.2 Å². The zero-order valence-electron chi connectivity index (χ0n) is 20.8. The molecule has 7 nitrogen and oxygen atoms in total. The zero-order valence-corrected chi connectivity index (χ0v) is 20.8. The van der Waals surface area contributed by atoms with Crippen LogP contribution in [0.25, 0.3) is 0 Å². The molecule has 1 aliphatic heterocycles. The molecule has 0 aromatic rings. The Bertz CT molecular complexity index is 601. The number of carbonyl (C=O) groups excluding carboxylic acids is 2.